The van der Waals surface area contributed by atoms with Crippen molar-refractivity contribution in [3.63, 3.8) is 0 Å². The average Bonchev–Trinajstić information content (AvgIpc) is 2.30. The molecule has 0 spiro atoms. The summed E-state index contributed by atoms with van der Waals surface area (Å²) in [4.78, 5) is 2.46. The molecule has 0 radical (unpaired) electrons. The monoisotopic (exact) mass is 262 g/mol. The third kappa shape index (κ3) is 3.56. The van der Waals surface area contributed by atoms with Crippen LogP contribution in [0.5, 0.6) is 0 Å². The molecule has 3 nitrogen and oxygen atoms in total. The van der Waals surface area contributed by atoms with Crippen LogP contribution >= 0.6 is 0 Å². The van der Waals surface area contributed by atoms with Crippen LogP contribution in [0.4, 0.5) is 0 Å². The Morgan fingerprint density at radius 1 is 1.26 bits per heavy atom. The standard InChI is InChI=1S/C16H26N2O/c1-12-5-7-14(8-6-12)15(13(2)17)18-9-10-19-16(3,4)11-18/h5-8,13,15H,9-11,17H2,1-4H3. The minimum absolute atomic E-state index is 0.0872. The van der Waals surface area contributed by atoms with E-state index < -0.39 is 0 Å². The largest absolute Gasteiger partial charge is 0.373 e. The van der Waals surface area contributed by atoms with E-state index in [-0.39, 0.29) is 17.7 Å². The van der Waals surface area contributed by atoms with E-state index in [0.717, 1.165) is 19.7 Å². The molecule has 0 bridgehead atoms. The zero-order valence-corrected chi connectivity index (χ0v) is 12.5. The number of nitrogens with two attached hydrogens (primary N) is 1. The molecule has 2 N–H and O–H groups in total. The summed E-state index contributed by atoms with van der Waals surface area (Å²) in [7, 11) is 0. The minimum atomic E-state index is -0.0872. The van der Waals surface area contributed by atoms with Crippen LogP contribution in [0.2, 0.25) is 0 Å². The lowest BCUT2D eigenvalue weighted by molar-refractivity contribution is -0.0995. The molecule has 1 aromatic rings. The Hall–Kier alpha value is -0.900. The summed E-state index contributed by atoms with van der Waals surface area (Å²) in [5, 5.41) is 0. The molecule has 3 heteroatoms. The van der Waals surface area contributed by atoms with Crippen molar-refractivity contribution in [2.45, 2.75) is 45.4 Å². The van der Waals surface area contributed by atoms with E-state index in [4.69, 9.17) is 10.5 Å². The normalized spacial score (nSPS) is 23.0. The van der Waals surface area contributed by atoms with Gasteiger partial charge in [0.1, 0.15) is 0 Å². The number of nitrogens with zero attached hydrogens (tertiary/aromatic N) is 1. The Morgan fingerprint density at radius 3 is 2.42 bits per heavy atom. The maximum absolute atomic E-state index is 6.24. The highest BCUT2D eigenvalue weighted by Gasteiger charge is 2.33. The van der Waals surface area contributed by atoms with Gasteiger partial charge in [0.05, 0.1) is 12.2 Å². The molecule has 1 saturated heterocycles. The number of benzene rings is 1. The predicted octanol–water partition coefficient (Wildman–Crippen LogP) is 2.49. The first kappa shape index (κ1) is 14.5. The summed E-state index contributed by atoms with van der Waals surface area (Å²) in [6.45, 7) is 11.1. The molecular weight excluding hydrogens is 236 g/mol. The number of aryl methyl sites for hydroxylation is 1. The van der Waals surface area contributed by atoms with Gasteiger partial charge in [0.2, 0.25) is 0 Å². The lowest BCUT2D eigenvalue weighted by Crippen LogP contribution is -2.52. The van der Waals surface area contributed by atoms with Crippen LogP contribution in [0.3, 0.4) is 0 Å². The van der Waals surface area contributed by atoms with E-state index in [1.165, 1.54) is 11.1 Å². The fourth-order valence-corrected chi connectivity index (χ4v) is 2.90. The maximum Gasteiger partial charge on any atom is 0.0753 e. The zero-order chi connectivity index (χ0) is 14.0. The molecule has 2 unspecified atom stereocenters. The second-order valence-corrected chi connectivity index (χ2v) is 6.29. The molecule has 0 amide bonds. The highest BCUT2D eigenvalue weighted by atomic mass is 16.5. The van der Waals surface area contributed by atoms with Crippen LogP contribution in [-0.4, -0.2) is 36.2 Å². The molecule has 1 aromatic carbocycles. The first-order valence-electron chi connectivity index (χ1n) is 7.09. The van der Waals surface area contributed by atoms with E-state index in [2.05, 4.69) is 56.9 Å². The Labute approximate surface area is 116 Å². The van der Waals surface area contributed by atoms with Gasteiger partial charge in [0.15, 0.2) is 0 Å². The first-order chi connectivity index (χ1) is 8.89. The van der Waals surface area contributed by atoms with Gasteiger partial charge < -0.3 is 10.5 Å². The number of hydrogen-bond donors (Lipinski definition) is 1. The van der Waals surface area contributed by atoms with E-state index in [0.29, 0.717) is 0 Å². The van der Waals surface area contributed by atoms with E-state index in [1.54, 1.807) is 0 Å². The number of rotatable bonds is 3. The second-order valence-electron chi connectivity index (χ2n) is 6.29. The Kier molecular flexibility index (Phi) is 4.29. The lowest BCUT2D eigenvalue weighted by Gasteiger charge is -2.43. The number of ether oxygens (including phenoxy) is 1. The van der Waals surface area contributed by atoms with Gasteiger partial charge >= 0.3 is 0 Å². The van der Waals surface area contributed by atoms with E-state index in [9.17, 15) is 0 Å². The summed E-state index contributed by atoms with van der Waals surface area (Å²) < 4.78 is 5.80. The van der Waals surface area contributed by atoms with Gasteiger partial charge in [-0.1, -0.05) is 29.8 Å². The molecule has 1 fully saturated rings. The van der Waals surface area contributed by atoms with E-state index in [1.807, 2.05) is 0 Å². The van der Waals surface area contributed by atoms with Crippen molar-refractivity contribution in [1.82, 2.24) is 4.90 Å². The van der Waals surface area contributed by atoms with Crippen LogP contribution in [0.25, 0.3) is 0 Å². The third-order valence-corrected chi connectivity index (χ3v) is 3.77. The van der Waals surface area contributed by atoms with Gasteiger partial charge in [-0.2, -0.15) is 0 Å². The first-order valence-corrected chi connectivity index (χ1v) is 7.09. The van der Waals surface area contributed by atoms with Crippen molar-refractivity contribution < 1.29 is 4.74 Å². The van der Waals surface area contributed by atoms with Crippen LogP contribution < -0.4 is 5.73 Å². The smallest absolute Gasteiger partial charge is 0.0753 e. The molecule has 19 heavy (non-hydrogen) atoms. The number of hydrogen-bond acceptors (Lipinski definition) is 3. The molecule has 1 aliphatic rings. The van der Waals surface area contributed by atoms with Crippen molar-refractivity contribution in [3.05, 3.63) is 35.4 Å². The van der Waals surface area contributed by atoms with Gasteiger partial charge in [0, 0.05) is 25.2 Å². The van der Waals surface area contributed by atoms with Crippen molar-refractivity contribution in [1.29, 1.82) is 0 Å². The lowest BCUT2D eigenvalue weighted by atomic mass is 9.95. The Bertz CT molecular complexity index is 411. The van der Waals surface area contributed by atoms with Crippen LogP contribution in [0.1, 0.15) is 37.9 Å². The molecule has 0 aliphatic carbocycles. The fraction of sp³-hybridized carbons (Fsp3) is 0.625. The summed E-state index contributed by atoms with van der Waals surface area (Å²) in [6.07, 6.45) is 0. The molecule has 1 heterocycles. The van der Waals surface area contributed by atoms with Gasteiger partial charge in [-0.25, -0.2) is 0 Å². The van der Waals surface area contributed by atoms with Crippen molar-refractivity contribution in [2.75, 3.05) is 19.7 Å². The third-order valence-electron chi connectivity index (χ3n) is 3.77. The maximum atomic E-state index is 6.24. The second kappa shape index (κ2) is 5.61. The Morgan fingerprint density at radius 2 is 1.89 bits per heavy atom. The summed E-state index contributed by atoms with van der Waals surface area (Å²) in [5.41, 5.74) is 8.75. The Balaban J connectivity index is 2.22. The van der Waals surface area contributed by atoms with Gasteiger partial charge in [0.25, 0.3) is 0 Å². The average molecular weight is 262 g/mol. The highest BCUT2D eigenvalue weighted by molar-refractivity contribution is 5.25. The minimum Gasteiger partial charge on any atom is -0.373 e. The number of morpholine rings is 1. The zero-order valence-electron chi connectivity index (χ0n) is 12.5. The quantitative estimate of drug-likeness (QED) is 0.909. The molecule has 1 aliphatic heterocycles. The van der Waals surface area contributed by atoms with Gasteiger partial charge in [-0.3, -0.25) is 4.90 Å². The molecular formula is C16H26N2O. The SMILES string of the molecule is Cc1ccc(C(C(C)N)N2CCOC(C)(C)C2)cc1. The molecule has 2 rings (SSSR count). The highest BCUT2D eigenvalue weighted by Crippen LogP contribution is 2.28. The molecule has 0 aromatic heterocycles. The summed E-state index contributed by atoms with van der Waals surface area (Å²) in [5.74, 6) is 0. The fourth-order valence-electron chi connectivity index (χ4n) is 2.90. The van der Waals surface area contributed by atoms with Crippen LogP contribution in [0.15, 0.2) is 24.3 Å². The van der Waals surface area contributed by atoms with Crippen molar-refractivity contribution in [2.24, 2.45) is 5.73 Å². The van der Waals surface area contributed by atoms with Crippen LogP contribution in [0, 0.1) is 6.92 Å². The topological polar surface area (TPSA) is 38.5 Å². The van der Waals surface area contributed by atoms with Crippen molar-refractivity contribution in [3.8, 4) is 0 Å². The van der Waals surface area contributed by atoms with E-state index >= 15 is 0 Å². The summed E-state index contributed by atoms with van der Waals surface area (Å²) in [6, 6.07) is 9.10. The summed E-state index contributed by atoms with van der Waals surface area (Å²) >= 11 is 0. The van der Waals surface area contributed by atoms with Gasteiger partial charge in [-0.15, -0.1) is 0 Å². The van der Waals surface area contributed by atoms with Crippen molar-refractivity contribution >= 4 is 0 Å². The molecule has 2 atom stereocenters. The predicted molar refractivity (Wildman–Crippen MR) is 79.2 cm³/mol. The van der Waals surface area contributed by atoms with Gasteiger partial charge in [-0.05, 0) is 33.3 Å². The van der Waals surface area contributed by atoms with Crippen LogP contribution in [-0.2, 0) is 4.74 Å². The molecule has 0 saturated carbocycles. The molecule has 106 valence electrons.